The molecule has 0 atom stereocenters. The van der Waals surface area contributed by atoms with Gasteiger partial charge in [0.05, 0.1) is 12.0 Å². The van der Waals surface area contributed by atoms with Gasteiger partial charge in [-0.2, -0.15) is 0 Å². The molecular weight excluding hydrogens is 422 g/mol. The molecule has 1 aliphatic rings. The van der Waals surface area contributed by atoms with Gasteiger partial charge in [0.1, 0.15) is 12.3 Å². The Bertz CT molecular complexity index is 1160. The largest absolute Gasteiger partial charge is 0.481 e. The fourth-order valence-electron chi connectivity index (χ4n) is 3.94. The maximum absolute atomic E-state index is 12.2. The van der Waals surface area contributed by atoms with Crippen molar-refractivity contribution >= 4 is 17.9 Å². The van der Waals surface area contributed by atoms with Gasteiger partial charge in [-0.1, -0.05) is 54.6 Å². The third-order valence-electron chi connectivity index (χ3n) is 5.48. The fourth-order valence-corrected chi connectivity index (χ4v) is 3.94. The molecule has 2 aromatic carbocycles. The fraction of sp³-hybridized carbons (Fsp3) is 0.200. The highest BCUT2D eigenvalue weighted by molar-refractivity contribution is 5.79. The number of alkyl carbamates (subject to hydrolysis) is 1. The standard InChI is InChI=1S/C25H23N3O5/c1-32-24-14-13-23(28(30)31)22(27-24)12-6-7-15-26-25(29)33-16-21-19-10-4-2-8-17(19)18-9-3-5-11-20(18)21/h2-6,8-14,21H,7,15-16H2,1H3,(H,26,29). The van der Waals surface area contributed by atoms with Gasteiger partial charge in [-0.25, -0.2) is 9.78 Å². The molecule has 8 nitrogen and oxygen atoms in total. The molecule has 1 aliphatic carbocycles. The van der Waals surface area contributed by atoms with E-state index in [1.807, 2.05) is 24.3 Å². The van der Waals surface area contributed by atoms with Gasteiger partial charge in [-0.05, 0) is 34.8 Å². The van der Waals surface area contributed by atoms with Gasteiger partial charge in [0.15, 0.2) is 0 Å². The van der Waals surface area contributed by atoms with E-state index < -0.39 is 11.0 Å². The number of carbonyl (C=O) groups excluding carboxylic acids is 1. The van der Waals surface area contributed by atoms with Crippen molar-refractivity contribution in [1.29, 1.82) is 0 Å². The van der Waals surface area contributed by atoms with Crippen LogP contribution in [0, 0.1) is 10.1 Å². The van der Waals surface area contributed by atoms with Crippen molar-refractivity contribution in [2.75, 3.05) is 20.3 Å². The number of methoxy groups -OCH3 is 1. The van der Waals surface area contributed by atoms with Crippen LogP contribution in [-0.2, 0) is 4.74 Å². The molecule has 0 radical (unpaired) electrons. The average Bonchev–Trinajstić information content (AvgIpc) is 3.16. The molecule has 0 aliphatic heterocycles. The molecule has 33 heavy (non-hydrogen) atoms. The Morgan fingerprint density at radius 3 is 2.39 bits per heavy atom. The minimum absolute atomic E-state index is 0.00253. The van der Waals surface area contributed by atoms with Gasteiger partial charge >= 0.3 is 6.09 Å². The molecule has 0 saturated carbocycles. The number of nitrogens with one attached hydrogen (secondary N) is 1. The summed E-state index contributed by atoms with van der Waals surface area (Å²) < 4.78 is 10.5. The van der Waals surface area contributed by atoms with Crippen molar-refractivity contribution in [1.82, 2.24) is 10.3 Å². The second kappa shape index (κ2) is 9.95. The highest BCUT2D eigenvalue weighted by Crippen LogP contribution is 2.44. The van der Waals surface area contributed by atoms with E-state index in [4.69, 9.17) is 9.47 Å². The first kappa shape index (κ1) is 22.0. The predicted octanol–water partition coefficient (Wildman–Crippen LogP) is 4.94. The monoisotopic (exact) mass is 445 g/mol. The highest BCUT2D eigenvalue weighted by Gasteiger charge is 2.28. The number of hydrogen-bond donors (Lipinski definition) is 1. The summed E-state index contributed by atoms with van der Waals surface area (Å²) in [5, 5.41) is 13.9. The lowest BCUT2D eigenvalue weighted by atomic mass is 9.98. The number of aromatic nitrogens is 1. The van der Waals surface area contributed by atoms with Crippen LogP contribution < -0.4 is 10.1 Å². The summed E-state index contributed by atoms with van der Waals surface area (Å²) >= 11 is 0. The smallest absolute Gasteiger partial charge is 0.407 e. The Balaban J connectivity index is 1.30. The summed E-state index contributed by atoms with van der Waals surface area (Å²) in [6, 6.07) is 19.1. The number of ether oxygens (including phenoxy) is 2. The molecule has 168 valence electrons. The van der Waals surface area contributed by atoms with E-state index in [1.54, 1.807) is 12.2 Å². The molecule has 1 N–H and O–H groups in total. The molecule has 0 spiro atoms. The van der Waals surface area contributed by atoms with Crippen LogP contribution in [0.2, 0.25) is 0 Å². The molecule has 1 amide bonds. The number of rotatable bonds is 8. The zero-order valence-corrected chi connectivity index (χ0v) is 18.1. The summed E-state index contributed by atoms with van der Waals surface area (Å²) in [5.41, 5.74) is 4.74. The highest BCUT2D eigenvalue weighted by atomic mass is 16.6. The second-order valence-corrected chi connectivity index (χ2v) is 7.46. The normalized spacial score (nSPS) is 12.3. The molecule has 0 bridgehead atoms. The van der Waals surface area contributed by atoms with Crippen molar-refractivity contribution in [2.24, 2.45) is 0 Å². The zero-order valence-electron chi connectivity index (χ0n) is 18.1. The predicted molar refractivity (Wildman–Crippen MR) is 124 cm³/mol. The summed E-state index contributed by atoms with van der Waals surface area (Å²) in [7, 11) is 1.44. The molecule has 1 aromatic heterocycles. The van der Waals surface area contributed by atoms with E-state index >= 15 is 0 Å². The van der Waals surface area contributed by atoms with E-state index in [2.05, 4.69) is 34.6 Å². The Labute approximate surface area is 191 Å². The van der Waals surface area contributed by atoms with Gasteiger partial charge in [-0.15, -0.1) is 0 Å². The summed E-state index contributed by atoms with van der Waals surface area (Å²) in [6.45, 7) is 0.570. The minimum Gasteiger partial charge on any atom is -0.481 e. The third kappa shape index (κ3) is 4.85. The topological polar surface area (TPSA) is 104 Å². The van der Waals surface area contributed by atoms with Gasteiger partial charge in [0.25, 0.3) is 5.69 Å². The van der Waals surface area contributed by atoms with Crippen molar-refractivity contribution in [2.45, 2.75) is 12.3 Å². The number of amides is 1. The average molecular weight is 445 g/mol. The van der Waals surface area contributed by atoms with Crippen LogP contribution in [0.25, 0.3) is 17.2 Å². The van der Waals surface area contributed by atoms with Crippen molar-refractivity contribution in [3.05, 3.63) is 93.7 Å². The molecule has 0 saturated heterocycles. The summed E-state index contributed by atoms with van der Waals surface area (Å²) in [4.78, 5) is 27.0. The first-order valence-corrected chi connectivity index (χ1v) is 10.5. The second-order valence-electron chi connectivity index (χ2n) is 7.46. The number of nitro groups is 1. The van der Waals surface area contributed by atoms with E-state index in [0.717, 1.165) is 11.1 Å². The molecule has 1 heterocycles. The molecule has 4 rings (SSSR count). The lowest BCUT2D eigenvalue weighted by Gasteiger charge is -2.14. The van der Waals surface area contributed by atoms with Crippen molar-refractivity contribution in [3.8, 4) is 17.0 Å². The zero-order chi connectivity index (χ0) is 23.2. The quantitative estimate of drug-likeness (QED) is 0.299. The molecule has 3 aromatic rings. The number of benzene rings is 2. The third-order valence-corrected chi connectivity index (χ3v) is 5.48. The van der Waals surface area contributed by atoms with E-state index in [0.29, 0.717) is 13.0 Å². The molecule has 0 unspecified atom stereocenters. The molecule has 0 fully saturated rings. The van der Waals surface area contributed by atoms with Gasteiger partial charge < -0.3 is 14.8 Å². The summed E-state index contributed by atoms with van der Waals surface area (Å²) in [6.07, 6.45) is 3.20. The lowest BCUT2D eigenvalue weighted by molar-refractivity contribution is -0.385. The summed E-state index contributed by atoms with van der Waals surface area (Å²) in [5.74, 6) is 0.291. The molecular formula is C25H23N3O5. The van der Waals surface area contributed by atoms with E-state index in [9.17, 15) is 14.9 Å². The number of carbonyl (C=O) groups is 1. The Hall–Kier alpha value is -4.20. The number of fused-ring (bicyclic) bond motifs is 3. The first-order chi connectivity index (χ1) is 16.1. The van der Waals surface area contributed by atoms with Crippen LogP contribution >= 0.6 is 0 Å². The van der Waals surface area contributed by atoms with Crippen LogP contribution in [0.3, 0.4) is 0 Å². The van der Waals surface area contributed by atoms with Crippen LogP contribution in [-0.4, -0.2) is 36.3 Å². The first-order valence-electron chi connectivity index (χ1n) is 10.5. The number of nitrogens with zero attached hydrogens (tertiary/aromatic N) is 2. The number of pyridine rings is 1. The van der Waals surface area contributed by atoms with Crippen LogP contribution in [0.4, 0.5) is 10.5 Å². The SMILES string of the molecule is COc1ccc([N+](=O)[O-])c(C=CCCNC(=O)OCC2c3ccccc3-c3ccccc32)n1. The minimum atomic E-state index is -0.504. The number of hydrogen-bond acceptors (Lipinski definition) is 6. The maximum Gasteiger partial charge on any atom is 0.407 e. The van der Waals surface area contributed by atoms with E-state index in [-0.39, 0.29) is 29.8 Å². The van der Waals surface area contributed by atoms with Gasteiger partial charge in [-0.3, -0.25) is 10.1 Å². The van der Waals surface area contributed by atoms with Gasteiger partial charge in [0.2, 0.25) is 5.88 Å². The van der Waals surface area contributed by atoms with E-state index in [1.165, 1.54) is 30.4 Å². The van der Waals surface area contributed by atoms with Crippen molar-refractivity contribution in [3.63, 3.8) is 0 Å². The Morgan fingerprint density at radius 1 is 1.09 bits per heavy atom. The Kier molecular flexibility index (Phi) is 6.64. The van der Waals surface area contributed by atoms with Crippen LogP contribution in [0.15, 0.2) is 66.7 Å². The lowest BCUT2D eigenvalue weighted by Crippen LogP contribution is -2.26. The van der Waals surface area contributed by atoms with Crippen molar-refractivity contribution < 1.29 is 19.2 Å². The molecule has 8 heteroatoms. The van der Waals surface area contributed by atoms with Crippen LogP contribution in [0.5, 0.6) is 5.88 Å². The maximum atomic E-state index is 12.2. The Morgan fingerprint density at radius 2 is 1.76 bits per heavy atom. The van der Waals surface area contributed by atoms with Gasteiger partial charge in [0, 0.05) is 24.6 Å². The van der Waals surface area contributed by atoms with Crippen LogP contribution in [0.1, 0.15) is 29.2 Å².